The Bertz CT molecular complexity index is 380. The molecule has 0 saturated heterocycles. The van der Waals surface area contributed by atoms with Gasteiger partial charge in [-0.05, 0) is 31.2 Å². The first kappa shape index (κ1) is 8.74. The summed E-state index contributed by atoms with van der Waals surface area (Å²) in [6.07, 6.45) is 1.33. The van der Waals surface area contributed by atoms with Crippen LogP contribution in [0.4, 0.5) is 5.69 Å². The summed E-state index contributed by atoms with van der Waals surface area (Å²) >= 11 is 0. The van der Waals surface area contributed by atoms with Gasteiger partial charge < -0.3 is 9.73 Å². The molecule has 1 aromatic heterocycles. The zero-order chi connectivity index (χ0) is 9.80. The Kier molecular flexibility index (Phi) is 2.44. The van der Waals surface area contributed by atoms with Gasteiger partial charge in [-0.3, -0.25) is 0 Å². The summed E-state index contributed by atoms with van der Waals surface area (Å²) in [7, 11) is 0. The van der Waals surface area contributed by atoms with Crippen molar-refractivity contribution in [2.24, 2.45) is 0 Å². The maximum atomic E-state index is 5.08. The normalized spacial score (nSPS) is 10.1. The van der Waals surface area contributed by atoms with E-state index < -0.39 is 0 Å². The van der Waals surface area contributed by atoms with Crippen LogP contribution in [0, 0.1) is 0 Å². The summed E-state index contributed by atoms with van der Waals surface area (Å²) in [4.78, 5) is 0. The Hall–Kier alpha value is -1.84. The van der Waals surface area contributed by atoms with Crippen LogP contribution >= 0.6 is 0 Å². The number of rotatable bonds is 3. The number of anilines is 1. The average Bonchev–Trinajstić information content (AvgIpc) is 2.72. The molecule has 0 atom stereocenters. The maximum absolute atomic E-state index is 5.08. The third-order valence-electron chi connectivity index (χ3n) is 1.87. The molecule has 2 aromatic rings. The minimum atomic E-state index is 0.549. The minimum absolute atomic E-state index is 0.549. The molecule has 1 aromatic carbocycles. The molecule has 2 rings (SSSR count). The van der Waals surface area contributed by atoms with Gasteiger partial charge >= 0.3 is 0 Å². The van der Waals surface area contributed by atoms with Crippen molar-refractivity contribution in [2.45, 2.75) is 6.92 Å². The van der Waals surface area contributed by atoms with Crippen LogP contribution in [0.1, 0.15) is 6.92 Å². The Morgan fingerprint density at radius 3 is 2.64 bits per heavy atom. The van der Waals surface area contributed by atoms with Crippen molar-refractivity contribution >= 4 is 5.69 Å². The van der Waals surface area contributed by atoms with Crippen LogP contribution in [0.25, 0.3) is 11.5 Å². The summed E-state index contributed by atoms with van der Waals surface area (Å²) in [6.45, 7) is 2.98. The molecule has 0 aliphatic carbocycles. The number of hydrogen-bond acceptors (Lipinski definition) is 4. The van der Waals surface area contributed by atoms with Crippen molar-refractivity contribution < 1.29 is 4.42 Å². The topological polar surface area (TPSA) is 51.0 Å². The molecule has 0 amide bonds. The maximum Gasteiger partial charge on any atom is 0.247 e. The Balaban J connectivity index is 2.22. The minimum Gasteiger partial charge on any atom is -0.423 e. The first-order chi connectivity index (χ1) is 6.90. The van der Waals surface area contributed by atoms with Crippen molar-refractivity contribution in [3.8, 4) is 11.5 Å². The summed E-state index contributed by atoms with van der Waals surface area (Å²) in [5.41, 5.74) is 2.03. The summed E-state index contributed by atoms with van der Waals surface area (Å²) in [5.74, 6) is 0.549. The molecule has 0 unspecified atom stereocenters. The molecule has 4 heteroatoms. The lowest BCUT2D eigenvalue weighted by atomic mass is 10.2. The molecule has 1 N–H and O–H groups in total. The van der Waals surface area contributed by atoms with Gasteiger partial charge in [0.15, 0.2) is 0 Å². The smallest absolute Gasteiger partial charge is 0.247 e. The lowest BCUT2D eigenvalue weighted by Gasteiger charge is -2.02. The predicted octanol–water partition coefficient (Wildman–Crippen LogP) is 2.17. The van der Waals surface area contributed by atoms with Gasteiger partial charge in [0.05, 0.1) is 0 Å². The fraction of sp³-hybridized carbons (Fsp3) is 0.200. The molecule has 14 heavy (non-hydrogen) atoms. The Morgan fingerprint density at radius 1 is 1.29 bits per heavy atom. The van der Waals surface area contributed by atoms with Crippen LogP contribution in [-0.2, 0) is 0 Å². The number of benzene rings is 1. The Morgan fingerprint density at radius 2 is 2.07 bits per heavy atom. The number of aromatic nitrogens is 2. The highest BCUT2D eigenvalue weighted by atomic mass is 16.4. The van der Waals surface area contributed by atoms with Crippen molar-refractivity contribution in [3.05, 3.63) is 30.7 Å². The molecule has 4 nitrogen and oxygen atoms in total. The fourth-order valence-electron chi connectivity index (χ4n) is 1.23. The van der Waals surface area contributed by atoms with Crippen molar-refractivity contribution in [3.63, 3.8) is 0 Å². The van der Waals surface area contributed by atoms with E-state index in [1.165, 1.54) is 6.39 Å². The van der Waals surface area contributed by atoms with Crippen LogP contribution in [0.3, 0.4) is 0 Å². The fourth-order valence-corrected chi connectivity index (χ4v) is 1.23. The zero-order valence-corrected chi connectivity index (χ0v) is 7.90. The second kappa shape index (κ2) is 3.91. The van der Waals surface area contributed by atoms with Gasteiger partial charge in [0.2, 0.25) is 12.3 Å². The van der Waals surface area contributed by atoms with Crippen molar-refractivity contribution in [2.75, 3.05) is 11.9 Å². The van der Waals surface area contributed by atoms with E-state index in [9.17, 15) is 0 Å². The Labute approximate surface area is 82.0 Å². The standard InChI is InChI=1S/C10H11N3O/c1-2-11-9-5-3-8(4-6-9)10-13-12-7-14-10/h3-7,11H,2H2,1H3. The van der Waals surface area contributed by atoms with Gasteiger partial charge in [-0.15, -0.1) is 10.2 Å². The number of nitrogens with zero attached hydrogens (tertiary/aromatic N) is 2. The highest BCUT2D eigenvalue weighted by molar-refractivity contribution is 5.57. The van der Waals surface area contributed by atoms with Crippen molar-refractivity contribution in [1.82, 2.24) is 10.2 Å². The first-order valence-electron chi connectivity index (χ1n) is 4.50. The molecule has 0 fully saturated rings. The molecule has 1 heterocycles. The molecule has 72 valence electrons. The lowest BCUT2D eigenvalue weighted by Crippen LogP contribution is -1.95. The SMILES string of the molecule is CCNc1ccc(-c2nnco2)cc1. The van der Waals surface area contributed by atoms with Crippen molar-refractivity contribution in [1.29, 1.82) is 0 Å². The van der Waals surface area contributed by atoms with E-state index in [1.54, 1.807) is 0 Å². The monoisotopic (exact) mass is 189 g/mol. The van der Waals surface area contributed by atoms with E-state index in [0.29, 0.717) is 5.89 Å². The quantitative estimate of drug-likeness (QED) is 0.803. The third kappa shape index (κ3) is 1.74. The molecule has 0 aliphatic heterocycles. The van der Waals surface area contributed by atoms with E-state index >= 15 is 0 Å². The third-order valence-corrected chi connectivity index (χ3v) is 1.87. The first-order valence-corrected chi connectivity index (χ1v) is 4.50. The lowest BCUT2D eigenvalue weighted by molar-refractivity contribution is 0.568. The van der Waals surface area contributed by atoms with Gasteiger partial charge in [0.1, 0.15) is 0 Å². The molecular weight excluding hydrogens is 178 g/mol. The van der Waals surface area contributed by atoms with E-state index in [2.05, 4.69) is 22.4 Å². The van der Waals surface area contributed by atoms with E-state index in [-0.39, 0.29) is 0 Å². The zero-order valence-electron chi connectivity index (χ0n) is 7.90. The highest BCUT2D eigenvalue weighted by Crippen LogP contribution is 2.18. The van der Waals surface area contributed by atoms with E-state index in [1.807, 2.05) is 24.3 Å². The summed E-state index contributed by atoms with van der Waals surface area (Å²) in [5, 5.41) is 10.7. The highest BCUT2D eigenvalue weighted by Gasteiger charge is 2.01. The molecule has 0 radical (unpaired) electrons. The second-order valence-electron chi connectivity index (χ2n) is 2.85. The molecule has 0 spiro atoms. The van der Waals surface area contributed by atoms with Gasteiger partial charge in [-0.2, -0.15) is 0 Å². The van der Waals surface area contributed by atoms with Crippen LogP contribution < -0.4 is 5.32 Å². The summed E-state index contributed by atoms with van der Waals surface area (Å²) in [6, 6.07) is 7.88. The van der Waals surface area contributed by atoms with Gasteiger partial charge in [-0.25, -0.2) is 0 Å². The summed E-state index contributed by atoms with van der Waals surface area (Å²) < 4.78 is 5.08. The van der Waals surface area contributed by atoms with Crippen LogP contribution in [0.15, 0.2) is 35.1 Å². The number of hydrogen-bond donors (Lipinski definition) is 1. The second-order valence-corrected chi connectivity index (χ2v) is 2.85. The van der Waals surface area contributed by atoms with Crippen LogP contribution in [-0.4, -0.2) is 16.7 Å². The molecule has 0 saturated carbocycles. The molecule has 0 bridgehead atoms. The number of nitrogens with one attached hydrogen (secondary N) is 1. The van der Waals surface area contributed by atoms with E-state index in [4.69, 9.17) is 4.42 Å². The van der Waals surface area contributed by atoms with Gasteiger partial charge in [0.25, 0.3) is 0 Å². The van der Waals surface area contributed by atoms with Crippen LogP contribution in [0.2, 0.25) is 0 Å². The van der Waals surface area contributed by atoms with E-state index in [0.717, 1.165) is 17.8 Å². The molecular formula is C10H11N3O. The van der Waals surface area contributed by atoms with Gasteiger partial charge in [0, 0.05) is 17.8 Å². The largest absolute Gasteiger partial charge is 0.423 e. The average molecular weight is 189 g/mol. The predicted molar refractivity (Wildman–Crippen MR) is 53.9 cm³/mol. The van der Waals surface area contributed by atoms with Crippen LogP contribution in [0.5, 0.6) is 0 Å². The molecule has 0 aliphatic rings. The van der Waals surface area contributed by atoms with Gasteiger partial charge in [-0.1, -0.05) is 0 Å².